The Morgan fingerprint density at radius 3 is 2.72 bits per heavy atom. The fraction of sp³-hybridized carbons (Fsp3) is 0.385. The minimum Gasteiger partial charge on any atom is -0.481 e. The van der Waals surface area contributed by atoms with Crippen LogP contribution < -0.4 is 5.32 Å². The van der Waals surface area contributed by atoms with E-state index in [1.807, 2.05) is 25.2 Å². The maximum atomic E-state index is 11.5. The van der Waals surface area contributed by atoms with Crippen molar-refractivity contribution in [2.24, 2.45) is 0 Å². The molecule has 0 aromatic heterocycles. The zero-order valence-electron chi connectivity index (χ0n) is 10.3. The van der Waals surface area contributed by atoms with E-state index in [2.05, 4.69) is 10.2 Å². The van der Waals surface area contributed by atoms with Crippen molar-refractivity contribution in [2.45, 2.75) is 25.9 Å². The number of nitrogens with zero attached hydrogens (tertiary/aromatic N) is 1. The van der Waals surface area contributed by atoms with Crippen LogP contribution in [0.3, 0.4) is 0 Å². The molecule has 1 aromatic carbocycles. The van der Waals surface area contributed by atoms with Crippen LogP contribution in [0.1, 0.15) is 24.0 Å². The van der Waals surface area contributed by atoms with Gasteiger partial charge in [-0.1, -0.05) is 6.07 Å². The number of nitrogens with one attached hydrogen (secondary N) is 1. The third kappa shape index (κ3) is 3.07. The predicted molar refractivity (Wildman–Crippen MR) is 67.1 cm³/mol. The fourth-order valence-corrected chi connectivity index (χ4v) is 2.09. The maximum Gasteiger partial charge on any atom is 0.303 e. The quantitative estimate of drug-likeness (QED) is 0.845. The van der Waals surface area contributed by atoms with Crippen LogP contribution in [0.25, 0.3) is 0 Å². The molecule has 0 saturated carbocycles. The van der Waals surface area contributed by atoms with E-state index in [-0.39, 0.29) is 18.7 Å². The molecular weight excluding hydrogens is 232 g/mol. The molecule has 0 saturated heterocycles. The molecular formula is C13H16N2O3. The smallest absolute Gasteiger partial charge is 0.303 e. The van der Waals surface area contributed by atoms with E-state index in [0.29, 0.717) is 0 Å². The normalized spacial score (nSPS) is 14.3. The zero-order valence-corrected chi connectivity index (χ0v) is 10.3. The molecule has 2 rings (SSSR count). The molecule has 0 atom stereocenters. The number of amides is 1. The summed E-state index contributed by atoms with van der Waals surface area (Å²) < 4.78 is 0. The van der Waals surface area contributed by atoms with Crippen molar-refractivity contribution in [3.8, 4) is 0 Å². The van der Waals surface area contributed by atoms with Crippen molar-refractivity contribution in [1.82, 2.24) is 4.90 Å². The summed E-state index contributed by atoms with van der Waals surface area (Å²) in [5.41, 5.74) is 3.23. The van der Waals surface area contributed by atoms with Gasteiger partial charge in [-0.3, -0.25) is 14.5 Å². The van der Waals surface area contributed by atoms with Gasteiger partial charge in [0.15, 0.2) is 0 Å². The molecule has 1 aliphatic rings. The number of carbonyl (C=O) groups is 2. The van der Waals surface area contributed by atoms with E-state index in [9.17, 15) is 9.59 Å². The fourth-order valence-electron chi connectivity index (χ4n) is 2.09. The molecule has 0 radical (unpaired) electrons. The second kappa shape index (κ2) is 5.18. The van der Waals surface area contributed by atoms with Crippen LogP contribution >= 0.6 is 0 Å². The third-order valence-electron chi connectivity index (χ3n) is 2.94. The summed E-state index contributed by atoms with van der Waals surface area (Å²) in [6.07, 6.45) is -0.133. The molecule has 96 valence electrons. The molecule has 1 heterocycles. The molecule has 2 N–H and O–H groups in total. The summed E-state index contributed by atoms with van der Waals surface area (Å²) in [6.45, 7) is 1.82. The Hall–Kier alpha value is -1.88. The van der Waals surface area contributed by atoms with Gasteiger partial charge < -0.3 is 10.4 Å². The van der Waals surface area contributed by atoms with Crippen molar-refractivity contribution in [3.63, 3.8) is 0 Å². The Morgan fingerprint density at radius 1 is 1.28 bits per heavy atom. The number of hydrogen-bond acceptors (Lipinski definition) is 3. The Bertz CT molecular complexity index is 485. The van der Waals surface area contributed by atoms with Crippen LogP contribution in [0.5, 0.6) is 0 Å². The summed E-state index contributed by atoms with van der Waals surface area (Å²) in [5.74, 6) is -1.22. The van der Waals surface area contributed by atoms with Crippen LogP contribution in [0.2, 0.25) is 0 Å². The number of aliphatic carboxylic acids is 1. The van der Waals surface area contributed by atoms with E-state index in [1.165, 1.54) is 11.1 Å². The van der Waals surface area contributed by atoms with E-state index in [4.69, 9.17) is 5.11 Å². The average Bonchev–Trinajstić information content (AvgIpc) is 2.66. The molecule has 18 heavy (non-hydrogen) atoms. The summed E-state index contributed by atoms with van der Waals surface area (Å²) >= 11 is 0. The number of carboxylic acid groups (broad SMARTS) is 1. The van der Waals surface area contributed by atoms with Gasteiger partial charge in [0.25, 0.3) is 0 Å². The molecule has 0 unspecified atom stereocenters. The van der Waals surface area contributed by atoms with Crippen LogP contribution in [-0.2, 0) is 22.7 Å². The van der Waals surface area contributed by atoms with Crippen molar-refractivity contribution in [1.29, 1.82) is 0 Å². The summed E-state index contributed by atoms with van der Waals surface area (Å²) in [7, 11) is 2.05. The number of carboxylic acids is 1. The van der Waals surface area contributed by atoms with E-state index >= 15 is 0 Å². The molecule has 1 aromatic rings. The first kappa shape index (κ1) is 12.6. The largest absolute Gasteiger partial charge is 0.481 e. The lowest BCUT2D eigenvalue weighted by Crippen LogP contribution is -2.13. The molecule has 0 fully saturated rings. The van der Waals surface area contributed by atoms with Gasteiger partial charge in [-0.2, -0.15) is 0 Å². The van der Waals surface area contributed by atoms with Gasteiger partial charge in [0, 0.05) is 25.2 Å². The highest BCUT2D eigenvalue weighted by atomic mass is 16.4. The van der Waals surface area contributed by atoms with Crippen molar-refractivity contribution >= 4 is 17.6 Å². The molecule has 5 heteroatoms. The lowest BCUT2D eigenvalue weighted by molar-refractivity contribution is -0.138. The third-order valence-corrected chi connectivity index (χ3v) is 2.94. The Labute approximate surface area is 105 Å². The lowest BCUT2D eigenvalue weighted by Gasteiger charge is -2.06. The first-order valence-corrected chi connectivity index (χ1v) is 5.86. The molecule has 1 amide bonds. The van der Waals surface area contributed by atoms with Crippen molar-refractivity contribution in [3.05, 3.63) is 29.3 Å². The summed E-state index contributed by atoms with van der Waals surface area (Å²) in [5, 5.41) is 11.2. The number of hydrogen-bond donors (Lipinski definition) is 2. The van der Waals surface area contributed by atoms with Gasteiger partial charge in [0.1, 0.15) is 0 Å². The summed E-state index contributed by atoms with van der Waals surface area (Å²) in [6, 6.07) is 5.82. The van der Waals surface area contributed by atoms with Crippen molar-refractivity contribution in [2.75, 3.05) is 12.4 Å². The second-order valence-corrected chi connectivity index (χ2v) is 4.60. The maximum absolute atomic E-state index is 11.5. The van der Waals surface area contributed by atoms with Gasteiger partial charge in [0.2, 0.25) is 5.91 Å². The number of carbonyl (C=O) groups excluding carboxylic acids is 1. The number of rotatable bonds is 4. The van der Waals surface area contributed by atoms with E-state index in [0.717, 1.165) is 18.8 Å². The predicted octanol–water partition coefficient (Wildman–Crippen LogP) is 1.44. The second-order valence-electron chi connectivity index (χ2n) is 4.60. The van der Waals surface area contributed by atoms with Gasteiger partial charge in [0.05, 0.1) is 6.42 Å². The Kier molecular flexibility index (Phi) is 3.62. The number of benzene rings is 1. The number of anilines is 1. The molecule has 0 spiro atoms. The zero-order chi connectivity index (χ0) is 13.1. The topological polar surface area (TPSA) is 69.6 Å². The molecule has 5 nitrogen and oxygen atoms in total. The van der Waals surface area contributed by atoms with Gasteiger partial charge in [-0.15, -0.1) is 0 Å². The highest BCUT2D eigenvalue weighted by Crippen LogP contribution is 2.24. The van der Waals surface area contributed by atoms with Gasteiger partial charge in [-0.05, 0) is 30.3 Å². The molecule has 1 aliphatic heterocycles. The molecule has 0 aliphatic carbocycles. The Morgan fingerprint density at radius 2 is 2.00 bits per heavy atom. The lowest BCUT2D eigenvalue weighted by atomic mass is 10.1. The SMILES string of the molecule is CN1Cc2ccc(NC(=O)CCC(=O)O)cc2C1. The van der Waals surface area contributed by atoms with Crippen molar-refractivity contribution < 1.29 is 14.7 Å². The summed E-state index contributed by atoms with van der Waals surface area (Å²) in [4.78, 5) is 24.1. The van der Waals surface area contributed by atoms with Crippen LogP contribution in [0, 0.1) is 0 Å². The van der Waals surface area contributed by atoms with Gasteiger partial charge in [-0.25, -0.2) is 0 Å². The monoisotopic (exact) mass is 248 g/mol. The minimum absolute atomic E-state index is 0.00627. The van der Waals surface area contributed by atoms with E-state index in [1.54, 1.807) is 0 Å². The average molecular weight is 248 g/mol. The van der Waals surface area contributed by atoms with Crippen LogP contribution in [0.15, 0.2) is 18.2 Å². The first-order chi connectivity index (χ1) is 8.54. The standard InChI is InChI=1S/C13H16N2O3/c1-15-7-9-2-3-11(6-10(9)8-15)14-12(16)4-5-13(17)18/h2-3,6H,4-5,7-8H2,1H3,(H,14,16)(H,17,18). The first-order valence-electron chi connectivity index (χ1n) is 5.86. The Balaban J connectivity index is 1.96. The molecule has 0 bridgehead atoms. The minimum atomic E-state index is -0.958. The highest BCUT2D eigenvalue weighted by Gasteiger charge is 2.16. The van der Waals surface area contributed by atoms with Crippen LogP contribution in [-0.4, -0.2) is 28.9 Å². The number of fused-ring (bicyclic) bond motifs is 1. The van der Waals surface area contributed by atoms with E-state index < -0.39 is 5.97 Å². The highest BCUT2D eigenvalue weighted by molar-refractivity contribution is 5.92. The van der Waals surface area contributed by atoms with Gasteiger partial charge >= 0.3 is 5.97 Å². The van der Waals surface area contributed by atoms with Crippen LogP contribution in [0.4, 0.5) is 5.69 Å².